The predicted molar refractivity (Wildman–Crippen MR) is 79.8 cm³/mol. The van der Waals surface area contributed by atoms with Crippen LogP contribution in [0.25, 0.3) is 0 Å². The molecule has 0 aliphatic heterocycles. The topological polar surface area (TPSA) is 34.4 Å². The molecule has 2 rings (SSSR count). The fraction of sp³-hybridized carbons (Fsp3) is 0.286. The van der Waals surface area contributed by atoms with Crippen LogP contribution in [0.1, 0.15) is 18.7 Å². The Morgan fingerprint density at radius 3 is 2.74 bits per heavy atom. The van der Waals surface area contributed by atoms with Gasteiger partial charge < -0.3 is 14.5 Å². The molecule has 0 spiro atoms. The summed E-state index contributed by atoms with van der Waals surface area (Å²) in [6.07, 6.45) is 1.54. The van der Waals surface area contributed by atoms with Crippen molar-refractivity contribution >= 4 is 27.5 Å². The molecule has 3 nitrogen and oxygen atoms in total. The van der Waals surface area contributed by atoms with Crippen LogP contribution in [-0.4, -0.2) is 13.2 Å². The van der Waals surface area contributed by atoms with E-state index in [0.717, 1.165) is 16.0 Å². The van der Waals surface area contributed by atoms with Crippen LogP contribution < -0.4 is 10.1 Å². The summed E-state index contributed by atoms with van der Waals surface area (Å²) in [6.45, 7) is 1.98. The highest BCUT2D eigenvalue weighted by Crippen LogP contribution is 2.29. The minimum atomic E-state index is -0.106. The largest absolute Gasteiger partial charge is 0.489 e. The van der Waals surface area contributed by atoms with Crippen molar-refractivity contribution in [3.63, 3.8) is 0 Å². The van der Waals surface area contributed by atoms with Gasteiger partial charge in [0.1, 0.15) is 23.7 Å². The first-order valence-corrected chi connectivity index (χ1v) is 7.11. The van der Waals surface area contributed by atoms with E-state index in [-0.39, 0.29) is 12.1 Å². The number of hydrogen-bond donors (Lipinski definition) is 1. The first-order valence-electron chi connectivity index (χ1n) is 5.94. The standard InChI is InChI=1S/C14H15BrClNO2/c1-9(19-11-5-3-4-10(16)8-11)13(17-2)14-12(15)6-7-18-14/h3-9,13,17H,1-2H3. The van der Waals surface area contributed by atoms with Gasteiger partial charge in [0.2, 0.25) is 0 Å². The molecule has 0 radical (unpaired) electrons. The van der Waals surface area contributed by atoms with Crippen molar-refractivity contribution in [3.8, 4) is 5.75 Å². The number of rotatable bonds is 5. The Kier molecular flexibility index (Phi) is 4.91. The summed E-state index contributed by atoms with van der Waals surface area (Å²) in [5.74, 6) is 1.56. The van der Waals surface area contributed by atoms with E-state index in [0.29, 0.717) is 5.02 Å². The summed E-state index contributed by atoms with van der Waals surface area (Å²) in [6, 6.07) is 9.17. The molecule has 0 bridgehead atoms. The molecular weight excluding hydrogens is 330 g/mol. The van der Waals surface area contributed by atoms with Crippen molar-refractivity contribution in [2.75, 3.05) is 7.05 Å². The van der Waals surface area contributed by atoms with Crippen molar-refractivity contribution in [1.82, 2.24) is 5.32 Å². The molecule has 0 aliphatic carbocycles. The van der Waals surface area contributed by atoms with Crippen LogP contribution in [0.15, 0.2) is 45.5 Å². The van der Waals surface area contributed by atoms with Crippen LogP contribution >= 0.6 is 27.5 Å². The summed E-state index contributed by atoms with van der Waals surface area (Å²) in [5, 5.41) is 3.86. The molecule has 0 aliphatic rings. The molecule has 0 amide bonds. The number of likely N-dealkylation sites (N-methyl/N-ethyl adjacent to an activating group) is 1. The Morgan fingerprint density at radius 2 is 2.16 bits per heavy atom. The van der Waals surface area contributed by atoms with Crippen LogP contribution in [0.3, 0.4) is 0 Å². The van der Waals surface area contributed by atoms with Gasteiger partial charge in [0.25, 0.3) is 0 Å². The van der Waals surface area contributed by atoms with E-state index in [1.165, 1.54) is 0 Å². The van der Waals surface area contributed by atoms with Gasteiger partial charge in [-0.3, -0.25) is 0 Å². The van der Waals surface area contributed by atoms with Gasteiger partial charge in [0.05, 0.1) is 10.7 Å². The van der Waals surface area contributed by atoms with Crippen molar-refractivity contribution in [2.45, 2.75) is 19.1 Å². The number of nitrogens with one attached hydrogen (secondary N) is 1. The van der Waals surface area contributed by atoms with E-state index in [4.69, 9.17) is 20.8 Å². The normalized spacial score (nSPS) is 14.1. The van der Waals surface area contributed by atoms with Crippen LogP contribution in [0.4, 0.5) is 0 Å². The Bertz CT molecular complexity index is 544. The third-order valence-corrected chi connectivity index (χ3v) is 3.72. The highest BCUT2D eigenvalue weighted by molar-refractivity contribution is 9.10. The zero-order valence-electron chi connectivity index (χ0n) is 10.7. The summed E-state index contributed by atoms with van der Waals surface area (Å²) in [7, 11) is 1.87. The molecular formula is C14H15BrClNO2. The molecule has 0 fully saturated rings. The Balaban J connectivity index is 2.14. The lowest BCUT2D eigenvalue weighted by Gasteiger charge is -2.23. The second kappa shape index (κ2) is 6.46. The highest BCUT2D eigenvalue weighted by Gasteiger charge is 2.24. The second-order valence-corrected chi connectivity index (χ2v) is 5.47. The highest BCUT2D eigenvalue weighted by atomic mass is 79.9. The molecule has 2 aromatic rings. The van der Waals surface area contributed by atoms with Crippen LogP contribution in [0, 0.1) is 0 Å². The lowest BCUT2D eigenvalue weighted by molar-refractivity contribution is 0.161. The van der Waals surface area contributed by atoms with Gasteiger partial charge in [-0.1, -0.05) is 17.7 Å². The molecule has 102 valence electrons. The van der Waals surface area contributed by atoms with Crippen molar-refractivity contribution in [3.05, 3.63) is 51.9 Å². The molecule has 1 aromatic carbocycles. The molecule has 2 unspecified atom stereocenters. The summed E-state index contributed by atoms with van der Waals surface area (Å²) in [5.41, 5.74) is 0. The Hall–Kier alpha value is -0.970. The SMILES string of the molecule is CNC(c1occc1Br)C(C)Oc1cccc(Cl)c1. The van der Waals surface area contributed by atoms with Gasteiger partial charge in [-0.2, -0.15) is 0 Å². The molecule has 0 saturated heterocycles. The molecule has 1 aromatic heterocycles. The molecule has 0 saturated carbocycles. The van der Waals surface area contributed by atoms with Crippen molar-refractivity contribution < 1.29 is 9.15 Å². The van der Waals surface area contributed by atoms with Gasteiger partial charge in [0.15, 0.2) is 0 Å². The maximum atomic E-state index is 5.94. The average molecular weight is 345 g/mol. The summed E-state index contributed by atoms with van der Waals surface area (Å²) < 4.78 is 12.3. The molecule has 19 heavy (non-hydrogen) atoms. The average Bonchev–Trinajstić information content (AvgIpc) is 2.77. The number of furan rings is 1. The van der Waals surface area contributed by atoms with Crippen molar-refractivity contribution in [1.29, 1.82) is 0 Å². The van der Waals surface area contributed by atoms with Gasteiger partial charge in [0, 0.05) is 5.02 Å². The zero-order valence-corrected chi connectivity index (χ0v) is 13.0. The molecule has 1 N–H and O–H groups in total. The summed E-state index contributed by atoms with van der Waals surface area (Å²) in [4.78, 5) is 0. The minimum absolute atomic E-state index is 0.0524. The van der Waals surface area contributed by atoms with E-state index in [9.17, 15) is 0 Å². The molecule has 2 atom stereocenters. The zero-order chi connectivity index (χ0) is 13.8. The van der Waals surface area contributed by atoms with E-state index in [1.54, 1.807) is 12.3 Å². The van der Waals surface area contributed by atoms with Gasteiger partial charge in [-0.05, 0) is 54.2 Å². The van der Waals surface area contributed by atoms with Gasteiger partial charge in [-0.25, -0.2) is 0 Å². The maximum Gasteiger partial charge on any atom is 0.138 e. The van der Waals surface area contributed by atoms with Crippen molar-refractivity contribution in [2.24, 2.45) is 0 Å². The third kappa shape index (κ3) is 3.53. The first kappa shape index (κ1) is 14.4. The van der Waals surface area contributed by atoms with E-state index in [2.05, 4.69) is 21.2 Å². The fourth-order valence-corrected chi connectivity index (χ4v) is 2.56. The number of benzene rings is 1. The minimum Gasteiger partial charge on any atom is -0.489 e. The van der Waals surface area contributed by atoms with E-state index >= 15 is 0 Å². The van der Waals surface area contributed by atoms with Crippen LogP contribution in [-0.2, 0) is 0 Å². The lowest BCUT2D eigenvalue weighted by atomic mass is 10.1. The number of ether oxygens (including phenoxy) is 1. The second-order valence-electron chi connectivity index (χ2n) is 4.18. The van der Waals surface area contributed by atoms with E-state index in [1.807, 2.05) is 38.2 Å². The Labute approximate surface area is 126 Å². The Morgan fingerprint density at radius 1 is 1.37 bits per heavy atom. The maximum absolute atomic E-state index is 5.94. The molecule has 1 heterocycles. The smallest absolute Gasteiger partial charge is 0.138 e. The lowest BCUT2D eigenvalue weighted by Crippen LogP contribution is -2.31. The van der Waals surface area contributed by atoms with Crippen LogP contribution in [0.2, 0.25) is 5.02 Å². The third-order valence-electron chi connectivity index (χ3n) is 2.83. The quantitative estimate of drug-likeness (QED) is 0.871. The van der Waals surface area contributed by atoms with E-state index < -0.39 is 0 Å². The molecule has 5 heteroatoms. The van der Waals surface area contributed by atoms with Crippen LogP contribution in [0.5, 0.6) is 5.75 Å². The predicted octanol–water partition coefficient (Wildman–Crippen LogP) is 4.42. The summed E-state index contributed by atoms with van der Waals surface area (Å²) >= 11 is 9.41. The number of halogens is 2. The number of hydrogen-bond acceptors (Lipinski definition) is 3. The first-order chi connectivity index (χ1) is 9.11. The fourth-order valence-electron chi connectivity index (χ4n) is 1.93. The monoisotopic (exact) mass is 343 g/mol. The van der Waals surface area contributed by atoms with Gasteiger partial charge in [-0.15, -0.1) is 0 Å². The van der Waals surface area contributed by atoms with Gasteiger partial charge >= 0.3 is 0 Å².